The third-order valence-electron chi connectivity index (χ3n) is 10.8. The molecule has 0 saturated heterocycles. The van der Waals surface area contributed by atoms with Gasteiger partial charge in [-0.05, 0) is 110 Å². The lowest BCUT2D eigenvalue weighted by Crippen LogP contribution is -2.55. The van der Waals surface area contributed by atoms with Crippen LogP contribution >= 0.6 is 0 Å². The van der Waals surface area contributed by atoms with Crippen LogP contribution in [0.1, 0.15) is 88.9 Å². The molecular formula is C29H39NO2. The van der Waals surface area contributed by atoms with E-state index in [1.54, 1.807) is 0 Å². The number of ether oxygens (including phenoxy) is 1. The molecule has 0 heterocycles. The predicted molar refractivity (Wildman–Crippen MR) is 126 cm³/mol. The van der Waals surface area contributed by atoms with Crippen molar-refractivity contribution >= 4 is 5.97 Å². The Morgan fingerprint density at radius 3 is 2.53 bits per heavy atom. The van der Waals surface area contributed by atoms with Crippen molar-refractivity contribution in [1.29, 1.82) is 5.26 Å². The number of esters is 1. The van der Waals surface area contributed by atoms with E-state index in [-0.39, 0.29) is 23.4 Å². The van der Waals surface area contributed by atoms with Gasteiger partial charge in [0.1, 0.15) is 6.10 Å². The van der Waals surface area contributed by atoms with Gasteiger partial charge in [0.25, 0.3) is 0 Å². The second kappa shape index (κ2) is 8.19. The summed E-state index contributed by atoms with van der Waals surface area (Å²) < 4.78 is 6.15. The number of rotatable bonds is 3. The van der Waals surface area contributed by atoms with Crippen LogP contribution in [0.2, 0.25) is 0 Å². The van der Waals surface area contributed by atoms with E-state index in [1.165, 1.54) is 38.5 Å². The van der Waals surface area contributed by atoms with Crippen molar-refractivity contribution in [1.82, 2.24) is 0 Å². The summed E-state index contributed by atoms with van der Waals surface area (Å²) in [5.41, 5.74) is 1.26. The molecule has 5 rings (SSSR count). The number of hydrogen-bond acceptors (Lipinski definition) is 3. The van der Waals surface area contributed by atoms with E-state index >= 15 is 0 Å². The van der Waals surface area contributed by atoms with E-state index in [4.69, 9.17) is 4.74 Å². The fraction of sp³-hybridized carbons (Fsp3) is 0.724. The van der Waals surface area contributed by atoms with Gasteiger partial charge in [-0.1, -0.05) is 39.0 Å². The molecule has 4 aliphatic rings. The fourth-order valence-electron chi connectivity index (χ4n) is 8.95. The van der Waals surface area contributed by atoms with Crippen LogP contribution in [0.5, 0.6) is 0 Å². The Kier molecular flexibility index (Phi) is 5.63. The molecule has 172 valence electrons. The number of nitrogens with zero attached hydrogens (tertiary/aromatic N) is 1. The minimum Gasteiger partial charge on any atom is -0.458 e. The maximum Gasteiger partial charge on any atom is 0.338 e. The summed E-state index contributed by atoms with van der Waals surface area (Å²) in [7, 11) is 0. The molecule has 9 atom stereocenters. The number of carbonyl (C=O) groups excluding carboxylic acids is 1. The highest BCUT2D eigenvalue weighted by Crippen LogP contribution is 2.68. The highest BCUT2D eigenvalue weighted by atomic mass is 16.5. The van der Waals surface area contributed by atoms with Gasteiger partial charge >= 0.3 is 5.97 Å². The Morgan fingerprint density at radius 1 is 1.06 bits per heavy atom. The Balaban J connectivity index is 1.35. The van der Waals surface area contributed by atoms with Gasteiger partial charge in [-0.15, -0.1) is 0 Å². The maximum absolute atomic E-state index is 12.8. The SMILES string of the molecule is CC[C@H]1C[C@@]2(C)[C@@H](CCC3[C@@H]2CC[C@]2(C)[C@@H](C#N)CC[C@@H]32)C[C@@H]1OC(=O)c1ccccc1. The second-order valence-corrected chi connectivity index (χ2v) is 11.9. The van der Waals surface area contributed by atoms with E-state index in [2.05, 4.69) is 26.8 Å². The number of fused-ring (bicyclic) bond motifs is 5. The van der Waals surface area contributed by atoms with Crippen molar-refractivity contribution in [3.8, 4) is 6.07 Å². The number of nitriles is 1. The summed E-state index contributed by atoms with van der Waals surface area (Å²) in [4.78, 5) is 12.8. The van der Waals surface area contributed by atoms with Crippen molar-refractivity contribution in [3.05, 3.63) is 35.9 Å². The molecule has 3 nitrogen and oxygen atoms in total. The molecule has 4 saturated carbocycles. The monoisotopic (exact) mass is 433 g/mol. The Morgan fingerprint density at radius 2 is 1.81 bits per heavy atom. The molecule has 0 amide bonds. The molecule has 0 aliphatic heterocycles. The highest BCUT2D eigenvalue weighted by Gasteiger charge is 2.61. The van der Waals surface area contributed by atoms with E-state index in [9.17, 15) is 10.1 Å². The summed E-state index contributed by atoms with van der Waals surface area (Å²) in [5.74, 6) is 3.50. The quantitative estimate of drug-likeness (QED) is 0.481. The van der Waals surface area contributed by atoms with Crippen LogP contribution in [0, 0.1) is 57.7 Å². The first-order valence-corrected chi connectivity index (χ1v) is 13.1. The van der Waals surface area contributed by atoms with Crippen LogP contribution in [0.4, 0.5) is 0 Å². The smallest absolute Gasteiger partial charge is 0.338 e. The average molecular weight is 434 g/mol. The number of hydrogen-bond donors (Lipinski definition) is 0. The first kappa shape index (κ1) is 22.0. The number of carbonyl (C=O) groups is 1. The molecule has 0 bridgehead atoms. The predicted octanol–water partition coefficient (Wildman–Crippen LogP) is 7.03. The molecule has 0 spiro atoms. The summed E-state index contributed by atoms with van der Waals surface area (Å²) in [6.07, 6.45) is 10.8. The summed E-state index contributed by atoms with van der Waals surface area (Å²) >= 11 is 0. The molecule has 0 N–H and O–H groups in total. The largest absolute Gasteiger partial charge is 0.458 e. The Bertz CT molecular complexity index is 890. The van der Waals surface area contributed by atoms with E-state index < -0.39 is 0 Å². The zero-order valence-corrected chi connectivity index (χ0v) is 20.1. The lowest BCUT2D eigenvalue weighted by atomic mass is 9.43. The molecule has 1 aromatic rings. The minimum absolute atomic E-state index is 0.0469. The Labute approximate surface area is 193 Å². The second-order valence-electron chi connectivity index (χ2n) is 11.9. The van der Waals surface area contributed by atoms with Gasteiger partial charge in [-0.3, -0.25) is 0 Å². The van der Waals surface area contributed by atoms with Gasteiger partial charge in [0.05, 0.1) is 17.6 Å². The zero-order valence-electron chi connectivity index (χ0n) is 20.1. The minimum atomic E-state index is -0.159. The fourth-order valence-corrected chi connectivity index (χ4v) is 8.95. The molecule has 1 aromatic carbocycles. The Hall–Kier alpha value is -1.82. The van der Waals surface area contributed by atoms with Crippen LogP contribution < -0.4 is 0 Å². The number of benzene rings is 1. The van der Waals surface area contributed by atoms with Crippen LogP contribution in [0.15, 0.2) is 30.3 Å². The topological polar surface area (TPSA) is 50.1 Å². The van der Waals surface area contributed by atoms with Crippen molar-refractivity contribution in [2.75, 3.05) is 0 Å². The van der Waals surface area contributed by atoms with Gasteiger partial charge in [0.15, 0.2) is 0 Å². The summed E-state index contributed by atoms with van der Waals surface area (Å²) in [5, 5.41) is 9.76. The molecule has 0 aromatic heterocycles. The molecule has 3 heteroatoms. The zero-order chi connectivity index (χ0) is 22.5. The van der Waals surface area contributed by atoms with E-state index in [0.29, 0.717) is 22.8 Å². The lowest BCUT2D eigenvalue weighted by Gasteiger charge is -2.62. The van der Waals surface area contributed by atoms with Crippen molar-refractivity contribution in [3.63, 3.8) is 0 Å². The van der Waals surface area contributed by atoms with Gasteiger partial charge in [-0.25, -0.2) is 4.79 Å². The van der Waals surface area contributed by atoms with Gasteiger partial charge in [0, 0.05) is 0 Å². The molecule has 32 heavy (non-hydrogen) atoms. The van der Waals surface area contributed by atoms with Gasteiger partial charge in [-0.2, -0.15) is 5.26 Å². The molecular weight excluding hydrogens is 394 g/mol. The highest BCUT2D eigenvalue weighted by molar-refractivity contribution is 5.89. The third kappa shape index (κ3) is 3.32. The molecule has 4 fully saturated rings. The average Bonchev–Trinajstić information content (AvgIpc) is 3.15. The van der Waals surface area contributed by atoms with Crippen molar-refractivity contribution in [2.45, 2.75) is 84.7 Å². The normalized spacial score (nSPS) is 45.1. The first-order valence-electron chi connectivity index (χ1n) is 13.1. The van der Waals surface area contributed by atoms with Crippen LogP contribution in [0.3, 0.4) is 0 Å². The first-order chi connectivity index (χ1) is 15.4. The van der Waals surface area contributed by atoms with Gasteiger partial charge in [0.2, 0.25) is 0 Å². The van der Waals surface area contributed by atoms with Crippen LogP contribution in [-0.2, 0) is 4.74 Å². The maximum atomic E-state index is 12.8. The van der Waals surface area contributed by atoms with Crippen molar-refractivity contribution < 1.29 is 9.53 Å². The van der Waals surface area contributed by atoms with E-state index in [1.807, 2.05) is 30.3 Å². The molecule has 0 radical (unpaired) electrons. The van der Waals surface area contributed by atoms with Gasteiger partial charge < -0.3 is 4.74 Å². The summed E-state index contributed by atoms with van der Waals surface area (Å²) in [6.45, 7) is 7.27. The van der Waals surface area contributed by atoms with Crippen LogP contribution in [0.25, 0.3) is 0 Å². The van der Waals surface area contributed by atoms with E-state index in [0.717, 1.165) is 37.0 Å². The molecule has 4 aliphatic carbocycles. The lowest BCUT2D eigenvalue weighted by molar-refractivity contribution is -0.142. The van der Waals surface area contributed by atoms with Crippen molar-refractivity contribution in [2.24, 2.45) is 46.3 Å². The van der Waals surface area contributed by atoms with Crippen LogP contribution in [-0.4, -0.2) is 12.1 Å². The summed E-state index contributed by atoms with van der Waals surface area (Å²) in [6, 6.07) is 12.1. The standard InChI is InChI=1S/C29H39NO2/c1-4-19-17-29(3)21(16-26(19)32-27(31)20-8-6-5-7-9-20)10-12-23-24-13-11-22(18-30)28(24,2)15-14-25(23)29/h5-9,19,21-26H,4,10-17H2,1-3H3/t19-,21-,22+,23?,24-,25-,26-,28+,29-/m0/s1. The molecule has 1 unspecified atom stereocenters. The third-order valence-corrected chi connectivity index (χ3v) is 10.8.